The van der Waals surface area contributed by atoms with Crippen molar-refractivity contribution >= 4 is 16.8 Å². The normalized spacial score (nSPS) is 10.8. The minimum absolute atomic E-state index is 0.273. The summed E-state index contributed by atoms with van der Waals surface area (Å²) >= 11 is 0. The maximum atomic E-state index is 11.1. The molecule has 1 aromatic carbocycles. The standard InChI is InChI=1S/C13H16N2O2/c1-9-10(2)15(8-7-13(16)14-17)12-6-4-3-5-11(9)12/h3-6,17H,7-8H2,1-2H3,(H,14,16). The summed E-state index contributed by atoms with van der Waals surface area (Å²) in [6.07, 6.45) is 0.273. The van der Waals surface area contributed by atoms with Crippen LogP contribution in [0.25, 0.3) is 10.9 Å². The van der Waals surface area contributed by atoms with Crippen LogP contribution in [0, 0.1) is 13.8 Å². The molecule has 0 saturated heterocycles. The Bertz CT molecular complexity index is 558. The molecule has 0 aliphatic carbocycles. The highest BCUT2D eigenvalue weighted by Gasteiger charge is 2.10. The molecule has 2 rings (SSSR count). The Balaban J connectivity index is 2.39. The Morgan fingerprint density at radius 2 is 2.06 bits per heavy atom. The lowest BCUT2D eigenvalue weighted by Gasteiger charge is -2.07. The summed E-state index contributed by atoms with van der Waals surface area (Å²) in [5.41, 5.74) is 5.19. The number of para-hydroxylation sites is 1. The Morgan fingerprint density at radius 1 is 1.35 bits per heavy atom. The number of benzene rings is 1. The molecule has 4 heteroatoms. The predicted octanol–water partition coefficient (Wildman–Crippen LogP) is 2.15. The molecule has 0 fully saturated rings. The van der Waals surface area contributed by atoms with Crippen LogP contribution in [-0.2, 0) is 11.3 Å². The summed E-state index contributed by atoms with van der Waals surface area (Å²) in [5.74, 6) is -0.361. The number of hydrogen-bond donors (Lipinski definition) is 2. The molecule has 2 aromatic rings. The van der Waals surface area contributed by atoms with Gasteiger partial charge in [-0.05, 0) is 25.5 Å². The zero-order chi connectivity index (χ0) is 12.4. The number of rotatable bonds is 3. The third-order valence-electron chi connectivity index (χ3n) is 3.23. The van der Waals surface area contributed by atoms with Crippen LogP contribution in [-0.4, -0.2) is 15.7 Å². The smallest absolute Gasteiger partial charge is 0.245 e. The van der Waals surface area contributed by atoms with Crippen molar-refractivity contribution in [1.82, 2.24) is 10.0 Å². The van der Waals surface area contributed by atoms with E-state index in [-0.39, 0.29) is 12.3 Å². The van der Waals surface area contributed by atoms with E-state index in [1.165, 1.54) is 10.9 Å². The quantitative estimate of drug-likeness (QED) is 0.629. The van der Waals surface area contributed by atoms with Gasteiger partial charge in [0.15, 0.2) is 0 Å². The van der Waals surface area contributed by atoms with E-state index >= 15 is 0 Å². The molecule has 1 heterocycles. The van der Waals surface area contributed by atoms with Gasteiger partial charge in [-0.1, -0.05) is 18.2 Å². The Labute approximate surface area is 99.8 Å². The van der Waals surface area contributed by atoms with Crippen LogP contribution in [0.5, 0.6) is 0 Å². The average molecular weight is 232 g/mol. The lowest BCUT2D eigenvalue weighted by Crippen LogP contribution is -2.20. The summed E-state index contributed by atoms with van der Waals surface area (Å²) in [7, 11) is 0. The first-order valence-electron chi connectivity index (χ1n) is 5.62. The lowest BCUT2D eigenvalue weighted by molar-refractivity contribution is -0.129. The molecule has 0 bridgehead atoms. The molecule has 1 aromatic heterocycles. The van der Waals surface area contributed by atoms with Crippen molar-refractivity contribution in [2.45, 2.75) is 26.8 Å². The van der Waals surface area contributed by atoms with Crippen LogP contribution in [0.3, 0.4) is 0 Å². The Kier molecular flexibility index (Phi) is 3.15. The van der Waals surface area contributed by atoms with Gasteiger partial charge in [-0.25, -0.2) is 5.48 Å². The minimum atomic E-state index is -0.361. The van der Waals surface area contributed by atoms with Crippen molar-refractivity contribution in [2.24, 2.45) is 0 Å². The number of nitrogens with zero attached hydrogens (tertiary/aromatic N) is 1. The summed E-state index contributed by atoms with van der Waals surface area (Å²) in [6, 6.07) is 8.13. The van der Waals surface area contributed by atoms with Crippen LogP contribution in [0.2, 0.25) is 0 Å². The van der Waals surface area contributed by atoms with Gasteiger partial charge in [0.05, 0.1) is 0 Å². The third kappa shape index (κ3) is 2.03. The zero-order valence-corrected chi connectivity index (χ0v) is 10.0. The predicted molar refractivity (Wildman–Crippen MR) is 66.0 cm³/mol. The van der Waals surface area contributed by atoms with Crippen LogP contribution >= 0.6 is 0 Å². The summed E-state index contributed by atoms with van der Waals surface area (Å²) in [5, 5.41) is 9.71. The molecule has 0 saturated carbocycles. The fraction of sp³-hybridized carbons (Fsp3) is 0.308. The lowest BCUT2D eigenvalue weighted by atomic mass is 10.2. The molecule has 0 aliphatic heterocycles. The van der Waals surface area contributed by atoms with Crippen molar-refractivity contribution in [2.75, 3.05) is 0 Å². The molecular formula is C13H16N2O2. The van der Waals surface area contributed by atoms with Gasteiger partial charge in [0.1, 0.15) is 0 Å². The molecule has 0 spiro atoms. The number of amides is 1. The van der Waals surface area contributed by atoms with E-state index in [2.05, 4.69) is 17.6 Å². The van der Waals surface area contributed by atoms with Crippen LogP contribution < -0.4 is 5.48 Å². The number of fused-ring (bicyclic) bond motifs is 1. The second-order valence-electron chi connectivity index (χ2n) is 4.16. The second-order valence-corrected chi connectivity index (χ2v) is 4.16. The van der Waals surface area contributed by atoms with Crippen molar-refractivity contribution in [3.05, 3.63) is 35.5 Å². The van der Waals surface area contributed by atoms with Crippen LogP contribution in [0.15, 0.2) is 24.3 Å². The molecule has 2 N–H and O–H groups in total. The Morgan fingerprint density at radius 3 is 2.76 bits per heavy atom. The Hall–Kier alpha value is -1.81. The summed E-state index contributed by atoms with van der Waals surface area (Å²) in [6.45, 7) is 4.71. The number of aryl methyl sites for hydroxylation is 2. The van der Waals surface area contributed by atoms with Crippen molar-refractivity contribution in [1.29, 1.82) is 0 Å². The fourth-order valence-corrected chi connectivity index (χ4v) is 2.16. The molecular weight excluding hydrogens is 216 g/mol. The van der Waals surface area contributed by atoms with Crippen molar-refractivity contribution < 1.29 is 10.0 Å². The number of aromatic nitrogens is 1. The average Bonchev–Trinajstić information content (AvgIpc) is 2.60. The first kappa shape index (κ1) is 11.7. The monoisotopic (exact) mass is 232 g/mol. The first-order valence-corrected chi connectivity index (χ1v) is 5.62. The van der Waals surface area contributed by atoms with Gasteiger partial charge in [-0.15, -0.1) is 0 Å². The van der Waals surface area contributed by atoms with E-state index in [1.54, 1.807) is 5.48 Å². The minimum Gasteiger partial charge on any atom is -0.344 e. The fourth-order valence-electron chi connectivity index (χ4n) is 2.16. The second kappa shape index (κ2) is 4.59. The van der Waals surface area contributed by atoms with E-state index in [1.807, 2.05) is 25.1 Å². The molecule has 4 nitrogen and oxygen atoms in total. The zero-order valence-electron chi connectivity index (χ0n) is 10.0. The molecule has 0 atom stereocenters. The molecule has 0 aliphatic rings. The maximum absolute atomic E-state index is 11.1. The maximum Gasteiger partial charge on any atom is 0.245 e. The van der Waals surface area contributed by atoms with E-state index < -0.39 is 0 Å². The van der Waals surface area contributed by atoms with E-state index in [0.29, 0.717) is 6.54 Å². The van der Waals surface area contributed by atoms with Gasteiger partial charge in [0.2, 0.25) is 5.91 Å². The highest BCUT2D eigenvalue weighted by molar-refractivity contribution is 5.85. The summed E-state index contributed by atoms with van der Waals surface area (Å²) in [4.78, 5) is 11.1. The van der Waals surface area contributed by atoms with Gasteiger partial charge < -0.3 is 4.57 Å². The number of carbonyl (C=O) groups is 1. The molecule has 17 heavy (non-hydrogen) atoms. The topological polar surface area (TPSA) is 54.3 Å². The van der Waals surface area contributed by atoms with E-state index in [4.69, 9.17) is 5.21 Å². The largest absolute Gasteiger partial charge is 0.344 e. The molecule has 0 radical (unpaired) electrons. The van der Waals surface area contributed by atoms with Crippen molar-refractivity contribution in [3.8, 4) is 0 Å². The molecule has 90 valence electrons. The summed E-state index contributed by atoms with van der Waals surface area (Å²) < 4.78 is 2.11. The van der Waals surface area contributed by atoms with E-state index in [9.17, 15) is 4.79 Å². The SMILES string of the molecule is Cc1c(C)n(CCC(=O)NO)c2ccccc12. The molecule has 1 amide bonds. The van der Waals surface area contributed by atoms with E-state index in [0.717, 1.165) is 11.2 Å². The molecule has 0 unspecified atom stereocenters. The van der Waals surface area contributed by atoms with Crippen LogP contribution in [0.4, 0.5) is 0 Å². The van der Waals surface area contributed by atoms with Crippen LogP contribution in [0.1, 0.15) is 17.7 Å². The van der Waals surface area contributed by atoms with Gasteiger partial charge in [0.25, 0.3) is 0 Å². The highest BCUT2D eigenvalue weighted by Crippen LogP contribution is 2.24. The van der Waals surface area contributed by atoms with Crippen molar-refractivity contribution in [3.63, 3.8) is 0 Å². The number of hydrogen-bond acceptors (Lipinski definition) is 2. The number of nitrogens with one attached hydrogen (secondary N) is 1. The number of carbonyl (C=O) groups excluding carboxylic acids is 1. The third-order valence-corrected chi connectivity index (χ3v) is 3.23. The highest BCUT2D eigenvalue weighted by atomic mass is 16.5. The van der Waals surface area contributed by atoms with Gasteiger partial charge >= 0.3 is 0 Å². The van der Waals surface area contributed by atoms with Gasteiger partial charge in [0, 0.05) is 29.6 Å². The first-order chi connectivity index (χ1) is 8.15. The number of hydroxylamine groups is 1. The van der Waals surface area contributed by atoms with Gasteiger partial charge in [-0.3, -0.25) is 10.0 Å². The van der Waals surface area contributed by atoms with Gasteiger partial charge in [-0.2, -0.15) is 0 Å².